The summed E-state index contributed by atoms with van der Waals surface area (Å²) in [6.45, 7) is 4.11. The highest BCUT2D eigenvalue weighted by Gasteiger charge is 2.34. The van der Waals surface area contributed by atoms with E-state index in [1.807, 2.05) is 0 Å². The lowest BCUT2D eigenvalue weighted by molar-refractivity contribution is 0.0326. The number of likely N-dealkylation sites (tertiary alicyclic amines) is 2. The third-order valence-corrected chi connectivity index (χ3v) is 4.68. The van der Waals surface area contributed by atoms with E-state index in [4.69, 9.17) is 9.52 Å². The number of rotatable bonds is 3. The molecule has 0 aliphatic carbocycles. The van der Waals surface area contributed by atoms with Crippen LogP contribution in [0.4, 0.5) is 0 Å². The van der Waals surface area contributed by atoms with E-state index in [9.17, 15) is 4.79 Å². The number of carbonyl (C=O) groups is 1. The molecule has 3 rings (SSSR count). The van der Waals surface area contributed by atoms with Gasteiger partial charge in [-0.25, -0.2) is 4.79 Å². The fraction of sp³-hybridized carbons (Fsp3) is 0.667. The van der Waals surface area contributed by atoms with Crippen LogP contribution >= 0.6 is 0 Å². The van der Waals surface area contributed by atoms with Crippen LogP contribution in [-0.2, 0) is 6.54 Å². The van der Waals surface area contributed by atoms with Gasteiger partial charge in [0, 0.05) is 19.1 Å². The average molecular weight is 278 g/mol. The van der Waals surface area contributed by atoms with E-state index in [1.165, 1.54) is 25.8 Å². The maximum absolute atomic E-state index is 10.8. The zero-order valence-electron chi connectivity index (χ0n) is 11.9. The highest BCUT2D eigenvalue weighted by atomic mass is 16.4. The zero-order valence-corrected chi connectivity index (χ0v) is 11.9. The topological polar surface area (TPSA) is 56.9 Å². The van der Waals surface area contributed by atoms with Crippen molar-refractivity contribution in [1.82, 2.24) is 9.80 Å². The van der Waals surface area contributed by atoms with E-state index < -0.39 is 5.97 Å². The molecule has 1 N–H and O–H groups in total. The number of hydrogen-bond acceptors (Lipinski definition) is 4. The smallest absolute Gasteiger partial charge is 0.371 e. The van der Waals surface area contributed by atoms with E-state index in [-0.39, 0.29) is 5.76 Å². The van der Waals surface area contributed by atoms with Crippen molar-refractivity contribution < 1.29 is 14.3 Å². The molecule has 5 nitrogen and oxygen atoms in total. The molecule has 0 amide bonds. The first-order valence-electron chi connectivity index (χ1n) is 7.38. The molecular weight excluding hydrogens is 256 g/mol. The van der Waals surface area contributed by atoms with Crippen LogP contribution in [0.5, 0.6) is 0 Å². The second kappa shape index (κ2) is 5.58. The molecule has 0 bridgehead atoms. The standard InChI is InChI=1S/C15H22N2O3/c1-16-7-2-3-11-9-17(8-6-13(11)16)10-12-4-5-14(20-12)15(18)19/h4-5,11,13H,2-3,6-10H2,1H3,(H,18,19). The second-order valence-electron chi connectivity index (χ2n) is 6.05. The highest BCUT2D eigenvalue weighted by molar-refractivity contribution is 5.84. The summed E-state index contributed by atoms with van der Waals surface area (Å²) in [5, 5.41) is 8.87. The molecule has 5 heteroatoms. The minimum atomic E-state index is -0.996. The number of hydrogen-bond donors (Lipinski definition) is 1. The van der Waals surface area contributed by atoms with Gasteiger partial charge in [-0.1, -0.05) is 0 Å². The van der Waals surface area contributed by atoms with Gasteiger partial charge >= 0.3 is 5.97 Å². The van der Waals surface area contributed by atoms with Gasteiger partial charge in [-0.3, -0.25) is 4.90 Å². The fourth-order valence-electron chi connectivity index (χ4n) is 3.67. The Labute approximate surface area is 119 Å². The number of furan rings is 1. The molecule has 0 radical (unpaired) electrons. The van der Waals surface area contributed by atoms with Crippen molar-refractivity contribution in [3.05, 3.63) is 23.7 Å². The minimum Gasteiger partial charge on any atom is -0.475 e. The summed E-state index contributed by atoms with van der Waals surface area (Å²) >= 11 is 0. The van der Waals surface area contributed by atoms with Crippen LogP contribution in [0, 0.1) is 5.92 Å². The first kappa shape index (κ1) is 13.6. The summed E-state index contributed by atoms with van der Waals surface area (Å²) in [6.07, 6.45) is 3.80. The van der Waals surface area contributed by atoms with Crippen LogP contribution in [0.2, 0.25) is 0 Å². The van der Waals surface area contributed by atoms with Gasteiger partial charge in [0.2, 0.25) is 5.76 Å². The zero-order chi connectivity index (χ0) is 14.1. The lowest BCUT2D eigenvalue weighted by atomic mass is 9.84. The Bertz CT molecular complexity index is 485. The summed E-state index contributed by atoms with van der Waals surface area (Å²) in [5.41, 5.74) is 0. The van der Waals surface area contributed by atoms with Crippen LogP contribution in [0.1, 0.15) is 35.6 Å². The van der Waals surface area contributed by atoms with Gasteiger partial charge in [0.1, 0.15) is 5.76 Å². The monoisotopic (exact) mass is 278 g/mol. The average Bonchev–Trinajstić information content (AvgIpc) is 2.88. The summed E-state index contributed by atoms with van der Waals surface area (Å²) in [6, 6.07) is 4.05. The van der Waals surface area contributed by atoms with Gasteiger partial charge < -0.3 is 14.4 Å². The minimum absolute atomic E-state index is 0.0345. The van der Waals surface area contributed by atoms with Crippen molar-refractivity contribution in [2.45, 2.75) is 31.8 Å². The number of aromatic carboxylic acids is 1. The number of carboxylic acid groups (broad SMARTS) is 1. The molecule has 2 fully saturated rings. The largest absolute Gasteiger partial charge is 0.475 e. The number of fused-ring (bicyclic) bond motifs is 1. The highest BCUT2D eigenvalue weighted by Crippen LogP contribution is 2.30. The Morgan fingerprint density at radius 2 is 2.25 bits per heavy atom. The maximum Gasteiger partial charge on any atom is 0.371 e. The molecule has 2 saturated heterocycles. The molecule has 1 aromatic rings. The molecule has 0 aromatic carbocycles. The van der Waals surface area contributed by atoms with Gasteiger partial charge in [0.15, 0.2) is 0 Å². The molecule has 1 aromatic heterocycles. The Balaban J connectivity index is 1.60. The SMILES string of the molecule is CN1CCCC2CN(Cc3ccc(C(=O)O)o3)CCC21. The van der Waals surface area contributed by atoms with E-state index in [1.54, 1.807) is 12.1 Å². The number of nitrogens with zero attached hydrogens (tertiary/aromatic N) is 2. The Kier molecular flexibility index (Phi) is 3.81. The van der Waals surface area contributed by atoms with E-state index in [0.717, 1.165) is 37.4 Å². The van der Waals surface area contributed by atoms with Crippen molar-refractivity contribution >= 4 is 5.97 Å². The molecular formula is C15H22N2O3. The molecule has 2 aliphatic heterocycles. The quantitative estimate of drug-likeness (QED) is 0.915. The van der Waals surface area contributed by atoms with Crippen molar-refractivity contribution in [2.75, 3.05) is 26.7 Å². The van der Waals surface area contributed by atoms with Crippen LogP contribution in [0.3, 0.4) is 0 Å². The molecule has 0 spiro atoms. The predicted molar refractivity (Wildman–Crippen MR) is 74.7 cm³/mol. The fourth-order valence-corrected chi connectivity index (χ4v) is 3.67. The molecule has 20 heavy (non-hydrogen) atoms. The number of carboxylic acids is 1. The predicted octanol–water partition coefficient (Wildman–Crippen LogP) is 1.89. The summed E-state index contributed by atoms with van der Waals surface area (Å²) in [7, 11) is 2.23. The Morgan fingerprint density at radius 3 is 3.00 bits per heavy atom. The van der Waals surface area contributed by atoms with Crippen LogP contribution in [0.25, 0.3) is 0 Å². The van der Waals surface area contributed by atoms with Crippen molar-refractivity contribution in [2.24, 2.45) is 5.92 Å². The first-order chi connectivity index (χ1) is 9.63. The van der Waals surface area contributed by atoms with Crippen molar-refractivity contribution in [3.8, 4) is 0 Å². The van der Waals surface area contributed by atoms with Gasteiger partial charge in [-0.15, -0.1) is 0 Å². The van der Waals surface area contributed by atoms with Gasteiger partial charge in [0.25, 0.3) is 0 Å². The molecule has 3 heterocycles. The molecule has 2 atom stereocenters. The third kappa shape index (κ3) is 2.74. The number of piperidine rings is 2. The van der Waals surface area contributed by atoms with Crippen LogP contribution in [-0.4, -0.2) is 53.6 Å². The summed E-state index contributed by atoms with van der Waals surface area (Å²) < 4.78 is 5.35. The molecule has 0 saturated carbocycles. The van der Waals surface area contributed by atoms with Crippen molar-refractivity contribution in [1.29, 1.82) is 0 Å². The molecule has 2 unspecified atom stereocenters. The van der Waals surface area contributed by atoms with Crippen molar-refractivity contribution in [3.63, 3.8) is 0 Å². The Hall–Kier alpha value is -1.33. The second-order valence-corrected chi connectivity index (χ2v) is 6.05. The van der Waals surface area contributed by atoms with Crippen LogP contribution in [0.15, 0.2) is 16.5 Å². The first-order valence-corrected chi connectivity index (χ1v) is 7.38. The summed E-state index contributed by atoms with van der Waals surface area (Å²) in [4.78, 5) is 15.7. The molecule has 110 valence electrons. The lowest BCUT2D eigenvalue weighted by Gasteiger charge is -2.45. The normalized spacial score (nSPS) is 28.2. The summed E-state index contributed by atoms with van der Waals surface area (Å²) in [5.74, 6) is 0.539. The Morgan fingerprint density at radius 1 is 1.40 bits per heavy atom. The third-order valence-electron chi connectivity index (χ3n) is 4.68. The lowest BCUT2D eigenvalue weighted by Crippen LogP contribution is -2.52. The van der Waals surface area contributed by atoms with Gasteiger partial charge in [0.05, 0.1) is 6.54 Å². The van der Waals surface area contributed by atoms with E-state index >= 15 is 0 Å². The maximum atomic E-state index is 10.8. The van der Waals surface area contributed by atoms with Gasteiger partial charge in [-0.2, -0.15) is 0 Å². The molecule has 2 aliphatic rings. The van der Waals surface area contributed by atoms with E-state index in [0.29, 0.717) is 0 Å². The van der Waals surface area contributed by atoms with E-state index in [2.05, 4.69) is 16.8 Å². The van der Waals surface area contributed by atoms with Gasteiger partial charge in [-0.05, 0) is 50.9 Å². The van der Waals surface area contributed by atoms with Crippen LogP contribution < -0.4 is 0 Å².